The molecule has 90 valence electrons. The topological polar surface area (TPSA) is 60.6 Å². The van der Waals surface area contributed by atoms with Crippen molar-refractivity contribution in [3.63, 3.8) is 0 Å². The van der Waals surface area contributed by atoms with E-state index in [1.54, 1.807) is 0 Å². The Labute approximate surface area is 100 Å². The van der Waals surface area contributed by atoms with E-state index in [0.29, 0.717) is 6.04 Å². The third-order valence-corrected chi connectivity index (χ3v) is 3.47. The van der Waals surface area contributed by atoms with Crippen molar-refractivity contribution in [1.29, 1.82) is 0 Å². The predicted octanol–water partition coefficient (Wildman–Crippen LogP) is 1.78. The van der Waals surface area contributed by atoms with E-state index in [4.69, 9.17) is 0 Å². The van der Waals surface area contributed by atoms with Crippen LogP contribution in [0, 0.1) is 6.92 Å². The van der Waals surface area contributed by atoms with Crippen LogP contribution < -0.4 is 0 Å². The normalized spacial score (nSPS) is 21.1. The third-order valence-electron chi connectivity index (χ3n) is 3.47. The Hall–Kier alpha value is -1.62. The van der Waals surface area contributed by atoms with Crippen molar-refractivity contribution in [3.05, 3.63) is 35.7 Å². The molecule has 0 saturated carbocycles. The van der Waals surface area contributed by atoms with Crippen LogP contribution >= 0.6 is 0 Å². The lowest BCUT2D eigenvalue weighted by molar-refractivity contribution is 0.238. The molecular formula is C12H17N5. The van der Waals surface area contributed by atoms with Gasteiger partial charge in [-0.05, 0) is 31.9 Å². The highest BCUT2D eigenvalue weighted by atomic mass is 15.2. The summed E-state index contributed by atoms with van der Waals surface area (Å²) in [6, 6.07) is 0.461. The van der Waals surface area contributed by atoms with Crippen molar-refractivity contribution >= 4 is 0 Å². The van der Waals surface area contributed by atoms with Crippen molar-refractivity contribution in [2.24, 2.45) is 0 Å². The number of rotatable bonds is 3. The SMILES string of the molecule is Cc1cn[nH]c1C1CCCN1Cc1ncc[nH]1. The molecule has 0 bridgehead atoms. The maximum Gasteiger partial charge on any atom is 0.120 e. The minimum atomic E-state index is 0.461. The molecule has 2 aromatic heterocycles. The number of aromatic nitrogens is 4. The van der Waals surface area contributed by atoms with Crippen molar-refractivity contribution in [3.8, 4) is 0 Å². The third kappa shape index (κ3) is 1.98. The molecule has 17 heavy (non-hydrogen) atoms. The average Bonchev–Trinajstić information content (AvgIpc) is 3.00. The van der Waals surface area contributed by atoms with Crippen molar-refractivity contribution in [2.75, 3.05) is 6.54 Å². The molecule has 0 radical (unpaired) electrons. The Morgan fingerprint density at radius 2 is 2.47 bits per heavy atom. The van der Waals surface area contributed by atoms with E-state index in [-0.39, 0.29) is 0 Å². The van der Waals surface area contributed by atoms with Crippen LogP contribution in [0.2, 0.25) is 0 Å². The zero-order chi connectivity index (χ0) is 11.7. The van der Waals surface area contributed by atoms with Crippen molar-refractivity contribution in [1.82, 2.24) is 25.1 Å². The molecule has 0 amide bonds. The highest BCUT2D eigenvalue weighted by Gasteiger charge is 2.28. The Kier molecular flexibility index (Phi) is 2.68. The van der Waals surface area contributed by atoms with Crippen LogP contribution in [0.1, 0.15) is 36.0 Å². The number of imidazole rings is 1. The molecule has 1 fully saturated rings. The molecule has 2 N–H and O–H groups in total. The molecule has 1 aliphatic rings. The molecule has 5 heteroatoms. The standard InChI is InChI=1S/C12H17N5/c1-9-7-15-16-12(9)10-3-2-6-17(10)8-11-13-4-5-14-11/h4-5,7,10H,2-3,6,8H2,1H3,(H,13,14)(H,15,16). The lowest BCUT2D eigenvalue weighted by Gasteiger charge is -2.22. The molecule has 2 aromatic rings. The summed E-state index contributed by atoms with van der Waals surface area (Å²) in [5.74, 6) is 1.04. The second-order valence-corrected chi connectivity index (χ2v) is 4.63. The average molecular weight is 231 g/mol. The van der Waals surface area contributed by atoms with Crippen LogP contribution in [0.3, 0.4) is 0 Å². The van der Waals surface area contributed by atoms with Gasteiger partial charge in [0.15, 0.2) is 0 Å². The van der Waals surface area contributed by atoms with E-state index in [2.05, 4.69) is 32.0 Å². The van der Waals surface area contributed by atoms with Gasteiger partial charge in [0.05, 0.1) is 24.5 Å². The Bertz CT molecular complexity index is 473. The van der Waals surface area contributed by atoms with Gasteiger partial charge in [0, 0.05) is 12.4 Å². The first-order valence-corrected chi connectivity index (χ1v) is 6.07. The zero-order valence-electron chi connectivity index (χ0n) is 9.98. The van der Waals surface area contributed by atoms with Gasteiger partial charge in [-0.1, -0.05) is 0 Å². The van der Waals surface area contributed by atoms with Gasteiger partial charge in [0.1, 0.15) is 5.82 Å². The van der Waals surface area contributed by atoms with Crippen LogP contribution in [0.15, 0.2) is 18.6 Å². The van der Waals surface area contributed by atoms with Crippen LogP contribution in [-0.2, 0) is 6.54 Å². The van der Waals surface area contributed by atoms with Gasteiger partial charge in [0.25, 0.3) is 0 Å². The summed E-state index contributed by atoms with van der Waals surface area (Å²) in [6.45, 7) is 4.13. The van der Waals surface area contributed by atoms with E-state index in [0.717, 1.165) is 18.9 Å². The number of nitrogens with one attached hydrogen (secondary N) is 2. The zero-order valence-corrected chi connectivity index (χ0v) is 9.98. The van der Waals surface area contributed by atoms with Crippen LogP contribution in [0.25, 0.3) is 0 Å². The van der Waals surface area contributed by atoms with Crippen molar-refractivity contribution < 1.29 is 0 Å². The molecule has 1 atom stereocenters. The second kappa shape index (κ2) is 4.33. The summed E-state index contributed by atoms with van der Waals surface area (Å²) in [6.07, 6.45) is 8.02. The van der Waals surface area contributed by atoms with Crippen molar-refractivity contribution in [2.45, 2.75) is 32.4 Å². The summed E-state index contributed by atoms with van der Waals surface area (Å²) in [7, 11) is 0. The van der Waals surface area contributed by atoms with Gasteiger partial charge in [-0.15, -0.1) is 0 Å². The van der Waals surface area contributed by atoms with Gasteiger partial charge in [0.2, 0.25) is 0 Å². The van der Waals surface area contributed by atoms with Crippen LogP contribution in [-0.4, -0.2) is 31.6 Å². The van der Waals surface area contributed by atoms with E-state index in [1.807, 2.05) is 18.6 Å². The van der Waals surface area contributed by atoms with E-state index in [1.165, 1.54) is 24.1 Å². The smallest absolute Gasteiger partial charge is 0.120 e. The van der Waals surface area contributed by atoms with Gasteiger partial charge in [-0.2, -0.15) is 5.10 Å². The Balaban J connectivity index is 1.78. The number of hydrogen-bond donors (Lipinski definition) is 2. The minimum Gasteiger partial charge on any atom is -0.348 e. The summed E-state index contributed by atoms with van der Waals surface area (Å²) in [4.78, 5) is 9.92. The number of hydrogen-bond acceptors (Lipinski definition) is 3. The van der Waals surface area contributed by atoms with Gasteiger partial charge in [-0.25, -0.2) is 4.98 Å². The lowest BCUT2D eigenvalue weighted by Crippen LogP contribution is -2.24. The Morgan fingerprint density at radius 1 is 1.53 bits per heavy atom. The van der Waals surface area contributed by atoms with Gasteiger partial charge >= 0.3 is 0 Å². The Morgan fingerprint density at radius 3 is 3.18 bits per heavy atom. The number of aromatic amines is 2. The van der Waals surface area contributed by atoms with E-state index >= 15 is 0 Å². The van der Waals surface area contributed by atoms with Crippen LogP contribution in [0.5, 0.6) is 0 Å². The molecule has 1 aliphatic heterocycles. The molecule has 0 aliphatic carbocycles. The molecule has 1 saturated heterocycles. The van der Waals surface area contributed by atoms with E-state index < -0.39 is 0 Å². The largest absolute Gasteiger partial charge is 0.348 e. The first-order chi connectivity index (χ1) is 8.34. The number of likely N-dealkylation sites (tertiary alicyclic amines) is 1. The first-order valence-electron chi connectivity index (χ1n) is 6.07. The maximum atomic E-state index is 4.29. The fraction of sp³-hybridized carbons (Fsp3) is 0.500. The molecule has 3 heterocycles. The molecule has 1 unspecified atom stereocenters. The quantitative estimate of drug-likeness (QED) is 0.846. The highest BCUT2D eigenvalue weighted by molar-refractivity contribution is 5.19. The van der Waals surface area contributed by atoms with Gasteiger partial charge < -0.3 is 4.98 Å². The highest BCUT2D eigenvalue weighted by Crippen LogP contribution is 2.32. The molecule has 5 nitrogen and oxygen atoms in total. The number of aryl methyl sites for hydroxylation is 1. The lowest BCUT2D eigenvalue weighted by atomic mass is 10.1. The van der Waals surface area contributed by atoms with E-state index in [9.17, 15) is 0 Å². The van der Waals surface area contributed by atoms with Crippen LogP contribution in [0.4, 0.5) is 0 Å². The molecule has 3 rings (SSSR count). The molecule has 0 spiro atoms. The summed E-state index contributed by atoms with van der Waals surface area (Å²) >= 11 is 0. The second-order valence-electron chi connectivity index (χ2n) is 4.63. The fourth-order valence-corrected chi connectivity index (χ4v) is 2.61. The molecule has 0 aromatic carbocycles. The fourth-order valence-electron chi connectivity index (χ4n) is 2.61. The maximum absolute atomic E-state index is 4.29. The first kappa shape index (κ1) is 10.5. The number of nitrogens with zero attached hydrogens (tertiary/aromatic N) is 3. The molecular weight excluding hydrogens is 214 g/mol. The van der Waals surface area contributed by atoms with Gasteiger partial charge in [-0.3, -0.25) is 10.00 Å². The monoisotopic (exact) mass is 231 g/mol. The summed E-state index contributed by atoms with van der Waals surface area (Å²) in [5.41, 5.74) is 2.51. The number of H-pyrrole nitrogens is 2. The predicted molar refractivity (Wildman–Crippen MR) is 64.3 cm³/mol. The minimum absolute atomic E-state index is 0.461. The summed E-state index contributed by atoms with van der Waals surface area (Å²) < 4.78 is 0. The summed E-state index contributed by atoms with van der Waals surface area (Å²) in [5, 5.41) is 7.26.